The Morgan fingerprint density at radius 1 is 1.06 bits per heavy atom. The Balaban J connectivity index is 1.41. The predicted molar refractivity (Wildman–Crippen MR) is 126 cm³/mol. The van der Waals surface area contributed by atoms with Gasteiger partial charge in [-0.3, -0.25) is 14.7 Å². The largest absolute Gasteiger partial charge is 0.461 e. The van der Waals surface area contributed by atoms with Gasteiger partial charge in [0.1, 0.15) is 0 Å². The summed E-state index contributed by atoms with van der Waals surface area (Å²) >= 11 is 0. The van der Waals surface area contributed by atoms with Crippen LogP contribution in [0.5, 0.6) is 0 Å². The third-order valence-corrected chi connectivity index (χ3v) is 6.03. The highest BCUT2D eigenvalue weighted by Gasteiger charge is 2.29. The van der Waals surface area contributed by atoms with Gasteiger partial charge in [-0.05, 0) is 18.1 Å². The molecule has 0 fully saturated rings. The SMILES string of the molecule is CCOC(=O)c1nn(Cc2ccccc2)c2c1CN(Cc1cn[nH]c1-c1ccccc1)CC2. The third kappa shape index (κ3) is 4.45. The van der Waals surface area contributed by atoms with Gasteiger partial charge >= 0.3 is 5.97 Å². The molecule has 4 aromatic rings. The van der Waals surface area contributed by atoms with Crippen molar-refractivity contribution in [1.29, 1.82) is 0 Å². The Morgan fingerprint density at radius 2 is 1.82 bits per heavy atom. The molecule has 1 aliphatic rings. The minimum absolute atomic E-state index is 0.332. The predicted octanol–water partition coefficient (Wildman–Crippen LogP) is 4.06. The molecule has 5 rings (SSSR count). The first-order valence-electron chi connectivity index (χ1n) is 11.3. The Labute approximate surface area is 193 Å². The van der Waals surface area contributed by atoms with Gasteiger partial charge in [-0.25, -0.2) is 4.79 Å². The first kappa shape index (κ1) is 21.2. The Hall–Kier alpha value is -3.71. The molecule has 0 saturated heterocycles. The van der Waals surface area contributed by atoms with Crippen LogP contribution < -0.4 is 0 Å². The molecule has 3 heterocycles. The summed E-state index contributed by atoms with van der Waals surface area (Å²) in [5.41, 5.74) is 6.97. The quantitative estimate of drug-likeness (QED) is 0.438. The molecule has 0 unspecified atom stereocenters. The van der Waals surface area contributed by atoms with E-state index in [4.69, 9.17) is 9.84 Å². The van der Waals surface area contributed by atoms with Gasteiger partial charge in [0, 0.05) is 42.9 Å². The second-order valence-corrected chi connectivity index (χ2v) is 8.23. The van der Waals surface area contributed by atoms with Crippen molar-refractivity contribution < 1.29 is 9.53 Å². The highest BCUT2D eigenvalue weighted by atomic mass is 16.5. The molecule has 0 radical (unpaired) electrons. The molecule has 2 aromatic carbocycles. The maximum absolute atomic E-state index is 12.7. The van der Waals surface area contributed by atoms with Crippen LogP contribution in [0.15, 0.2) is 66.9 Å². The second-order valence-electron chi connectivity index (χ2n) is 8.23. The van der Waals surface area contributed by atoms with Crippen molar-refractivity contribution in [2.45, 2.75) is 33.0 Å². The van der Waals surface area contributed by atoms with Gasteiger partial charge in [-0.15, -0.1) is 0 Å². The summed E-state index contributed by atoms with van der Waals surface area (Å²) in [5.74, 6) is -0.351. The standard InChI is InChI=1S/C26H27N5O2/c1-2-33-26(32)25-22-18-30(17-21-15-27-28-24(21)20-11-7-4-8-12-20)14-13-23(22)31(29-25)16-19-9-5-3-6-10-19/h3-12,15H,2,13-14,16-18H2,1H3,(H,27,28). The van der Waals surface area contributed by atoms with Crippen LogP contribution in [-0.2, 0) is 30.8 Å². The van der Waals surface area contributed by atoms with Crippen LogP contribution in [0.4, 0.5) is 0 Å². The van der Waals surface area contributed by atoms with Gasteiger partial charge in [-0.1, -0.05) is 60.7 Å². The van der Waals surface area contributed by atoms with Gasteiger partial charge in [-0.2, -0.15) is 10.2 Å². The highest BCUT2D eigenvalue weighted by molar-refractivity contribution is 5.89. The van der Waals surface area contributed by atoms with Crippen LogP contribution in [0.25, 0.3) is 11.3 Å². The number of hydrogen-bond donors (Lipinski definition) is 1. The van der Waals surface area contributed by atoms with Crippen molar-refractivity contribution in [3.8, 4) is 11.3 Å². The van der Waals surface area contributed by atoms with E-state index in [9.17, 15) is 4.79 Å². The lowest BCUT2D eigenvalue weighted by Crippen LogP contribution is -2.31. The first-order valence-corrected chi connectivity index (χ1v) is 11.3. The molecule has 0 saturated carbocycles. The Bertz CT molecular complexity index is 1230. The molecule has 0 bridgehead atoms. The fourth-order valence-electron chi connectivity index (χ4n) is 4.46. The smallest absolute Gasteiger partial charge is 0.359 e. The number of rotatable bonds is 7. The first-order chi connectivity index (χ1) is 16.2. The van der Waals surface area contributed by atoms with Crippen LogP contribution in [0.3, 0.4) is 0 Å². The molecule has 0 spiro atoms. The minimum Gasteiger partial charge on any atom is -0.461 e. The molecule has 0 aliphatic carbocycles. The topological polar surface area (TPSA) is 76.0 Å². The van der Waals surface area contributed by atoms with E-state index in [1.807, 2.05) is 54.2 Å². The van der Waals surface area contributed by atoms with E-state index in [-0.39, 0.29) is 5.97 Å². The molecule has 1 aliphatic heterocycles. The third-order valence-electron chi connectivity index (χ3n) is 6.03. The zero-order chi connectivity index (χ0) is 22.6. The van der Waals surface area contributed by atoms with Crippen LogP contribution in [0.1, 0.15) is 39.8 Å². The number of hydrogen-bond acceptors (Lipinski definition) is 5. The van der Waals surface area contributed by atoms with Crippen molar-refractivity contribution >= 4 is 5.97 Å². The Kier molecular flexibility index (Phi) is 6.04. The summed E-state index contributed by atoms with van der Waals surface area (Å²) in [4.78, 5) is 15.1. The fraction of sp³-hybridized carbons (Fsp3) is 0.269. The number of benzene rings is 2. The molecule has 33 heavy (non-hydrogen) atoms. The van der Waals surface area contributed by atoms with E-state index >= 15 is 0 Å². The van der Waals surface area contributed by atoms with Gasteiger partial charge in [0.2, 0.25) is 0 Å². The van der Waals surface area contributed by atoms with Crippen molar-refractivity contribution in [2.24, 2.45) is 0 Å². The maximum atomic E-state index is 12.7. The van der Waals surface area contributed by atoms with E-state index < -0.39 is 0 Å². The summed E-state index contributed by atoms with van der Waals surface area (Å²) in [6.07, 6.45) is 2.72. The van der Waals surface area contributed by atoms with Crippen LogP contribution in [-0.4, -0.2) is 44.0 Å². The average molecular weight is 442 g/mol. The van der Waals surface area contributed by atoms with E-state index in [1.165, 1.54) is 0 Å². The van der Waals surface area contributed by atoms with Crippen LogP contribution in [0, 0.1) is 0 Å². The van der Waals surface area contributed by atoms with E-state index in [2.05, 4.69) is 39.4 Å². The highest BCUT2D eigenvalue weighted by Crippen LogP contribution is 2.28. The monoisotopic (exact) mass is 441 g/mol. The van der Waals surface area contributed by atoms with Crippen LogP contribution >= 0.6 is 0 Å². The molecular weight excluding hydrogens is 414 g/mol. The number of carbonyl (C=O) groups excluding carboxylic acids is 1. The maximum Gasteiger partial charge on any atom is 0.359 e. The summed E-state index contributed by atoms with van der Waals surface area (Å²) in [6.45, 7) is 5.07. The molecule has 0 atom stereocenters. The molecular formula is C26H27N5O2. The number of carbonyl (C=O) groups is 1. The fourth-order valence-corrected chi connectivity index (χ4v) is 4.46. The molecule has 168 valence electrons. The van der Waals surface area contributed by atoms with Crippen molar-refractivity contribution in [1.82, 2.24) is 24.9 Å². The number of aromatic nitrogens is 4. The summed E-state index contributed by atoms with van der Waals surface area (Å²) in [7, 11) is 0. The number of aromatic amines is 1. The number of fused-ring (bicyclic) bond motifs is 1. The number of nitrogens with zero attached hydrogens (tertiary/aromatic N) is 4. The van der Waals surface area contributed by atoms with Gasteiger partial charge in [0.15, 0.2) is 5.69 Å². The van der Waals surface area contributed by atoms with E-state index in [1.54, 1.807) is 0 Å². The average Bonchev–Trinajstić information content (AvgIpc) is 3.45. The second kappa shape index (κ2) is 9.42. The normalized spacial score (nSPS) is 13.6. The van der Waals surface area contributed by atoms with Gasteiger partial charge in [0.25, 0.3) is 0 Å². The number of esters is 1. The molecule has 7 heteroatoms. The number of nitrogens with one attached hydrogen (secondary N) is 1. The number of ether oxygens (including phenoxy) is 1. The van der Waals surface area contributed by atoms with Crippen molar-refractivity contribution in [2.75, 3.05) is 13.2 Å². The Morgan fingerprint density at radius 3 is 2.58 bits per heavy atom. The molecule has 7 nitrogen and oxygen atoms in total. The number of H-pyrrole nitrogens is 1. The molecule has 0 amide bonds. The van der Waals surface area contributed by atoms with Crippen molar-refractivity contribution in [3.05, 3.63) is 94.9 Å². The minimum atomic E-state index is -0.351. The summed E-state index contributed by atoms with van der Waals surface area (Å²) in [5, 5.41) is 12.1. The van der Waals surface area contributed by atoms with Crippen molar-refractivity contribution in [3.63, 3.8) is 0 Å². The van der Waals surface area contributed by atoms with Gasteiger partial charge in [0.05, 0.1) is 25.0 Å². The lowest BCUT2D eigenvalue weighted by atomic mass is 10.0. The molecule has 1 N–H and O–H groups in total. The van der Waals surface area contributed by atoms with Crippen LogP contribution in [0.2, 0.25) is 0 Å². The summed E-state index contributed by atoms with van der Waals surface area (Å²) in [6, 6.07) is 20.4. The zero-order valence-corrected chi connectivity index (χ0v) is 18.7. The zero-order valence-electron chi connectivity index (χ0n) is 18.7. The molecule has 2 aromatic heterocycles. The summed E-state index contributed by atoms with van der Waals surface area (Å²) < 4.78 is 7.30. The van der Waals surface area contributed by atoms with E-state index in [0.717, 1.165) is 53.2 Å². The van der Waals surface area contributed by atoms with Gasteiger partial charge < -0.3 is 4.74 Å². The lowest BCUT2D eigenvalue weighted by Gasteiger charge is -2.27. The van der Waals surface area contributed by atoms with E-state index in [0.29, 0.717) is 25.4 Å². The lowest BCUT2D eigenvalue weighted by molar-refractivity contribution is 0.0515.